The summed E-state index contributed by atoms with van der Waals surface area (Å²) in [5.41, 5.74) is 0.782. The Morgan fingerprint density at radius 3 is 3.09 bits per heavy atom. The van der Waals surface area contributed by atoms with Crippen LogP contribution in [-0.2, 0) is 9.53 Å². The molecule has 0 radical (unpaired) electrons. The summed E-state index contributed by atoms with van der Waals surface area (Å²) >= 11 is 0. The van der Waals surface area contributed by atoms with Gasteiger partial charge in [0.2, 0.25) is 5.91 Å². The summed E-state index contributed by atoms with van der Waals surface area (Å²) < 4.78 is 7.32. The summed E-state index contributed by atoms with van der Waals surface area (Å²) in [7, 11) is 0. The van der Waals surface area contributed by atoms with Gasteiger partial charge in [0, 0.05) is 25.2 Å². The molecule has 3 heterocycles. The number of pyridine rings is 1. The Morgan fingerprint density at radius 1 is 1.48 bits per heavy atom. The summed E-state index contributed by atoms with van der Waals surface area (Å²) in [4.78, 5) is 12.4. The zero-order chi connectivity index (χ0) is 16.2. The number of nitrogens with one attached hydrogen (secondary N) is 2. The van der Waals surface area contributed by atoms with Crippen molar-refractivity contribution in [2.24, 2.45) is 5.92 Å². The highest BCUT2D eigenvalue weighted by Gasteiger charge is 2.25. The molecule has 1 fully saturated rings. The lowest BCUT2D eigenvalue weighted by Crippen LogP contribution is -2.45. The molecule has 1 saturated heterocycles. The summed E-state index contributed by atoms with van der Waals surface area (Å²) in [5, 5.41) is 14.8. The van der Waals surface area contributed by atoms with Gasteiger partial charge in [0.05, 0.1) is 19.3 Å². The van der Waals surface area contributed by atoms with Gasteiger partial charge in [0.15, 0.2) is 11.5 Å². The van der Waals surface area contributed by atoms with Crippen molar-refractivity contribution in [3.8, 4) is 0 Å². The Balaban J connectivity index is 1.72. The number of hydrogen-bond donors (Lipinski definition) is 2. The summed E-state index contributed by atoms with van der Waals surface area (Å²) in [6.45, 7) is 6.21. The smallest absolute Gasteiger partial charge is 0.222 e. The number of fused-ring (bicyclic) bond motifs is 1. The molecule has 1 aliphatic heterocycles. The third-order valence-electron chi connectivity index (χ3n) is 4.03. The lowest BCUT2D eigenvalue weighted by molar-refractivity contribution is -0.123. The van der Waals surface area contributed by atoms with E-state index in [1.165, 1.54) is 0 Å². The van der Waals surface area contributed by atoms with Crippen LogP contribution in [0, 0.1) is 5.92 Å². The van der Waals surface area contributed by atoms with Crippen molar-refractivity contribution in [2.75, 3.05) is 19.8 Å². The molecular formula is C16H23N5O2. The number of aromatic nitrogens is 3. The Labute approximate surface area is 135 Å². The van der Waals surface area contributed by atoms with E-state index in [0.29, 0.717) is 19.6 Å². The van der Waals surface area contributed by atoms with E-state index in [2.05, 4.69) is 34.7 Å². The maximum atomic E-state index is 12.4. The SMILES string of the molecule is CC(C)C(NC(=O)CC1COCCN1)c1nnc2ccccn12. The molecule has 1 amide bonds. The lowest BCUT2D eigenvalue weighted by Gasteiger charge is -2.25. The fourth-order valence-electron chi connectivity index (χ4n) is 2.81. The average Bonchev–Trinajstić information content (AvgIpc) is 2.97. The zero-order valence-electron chi connectivity index (χ0n) is 13.5. The van der Waals surface area contributed by atoms with Gasteiger partial charge in [0.25, 0.3) is 0 Å². The van der Waals surface area contributed by atoms with Crippen molar-refractivity contribution in [1.29, 1.82) is 0 Å². The van der Waals surface area contributed by atoms with Crippen LogP contribution in [0.25, 0.3) is 5.65 Å². The third kappa shape index (κ3) is 3.68. The van der Waals surface area contributed by atoms with Gasteiger partial charge in [0.1, 0.15) is 0 Å². The molecule has 1 aliphatic rings. The number of hydrogen-bond acceptors (Lipinski definition) is 5. The van der Waals surface area contributed by atoms with Gasteiger partial charge in [-0.05, 0) is 18.1 Å². The van der Waals surface area contributed by atoms with E-state index in [9.17, 15) is 4.79 Å². The molecule has 2 atom stereocenters. The number of carbonyl (C=O) groups is 1. The Morgan fingerprint density at radius 2 is 2.35 bits per heavy atom. The molecule has 2 N–H and O–H groups in total. The van der Waals surface area contributed by atoms with Crippen LogP contribution < -0.4 is 10.6 Å². The van der Waals surface area contributed by atoms with Crippen molar-refractivity contribution in [2.45, 2.75) is 32.4 Å². The predicted octanol–water partition coefficient (Wildman–Crippen LogP) is 0.921. The minimum atomic E-state index is -0.176. The lowest BCUT2D eigenvalue weighted by atomic mass is 10.0. The Bertz CT molecular complexity index is 663. The first-order valence-electron chi connectivity index (χ1n) is 8.05. The van der Waals surface area contributed by atoms with Crippen LogP contribution in [0.15, 0.2) is 24.4 Å². The second kappa shape index (κ2) is 7.06. The standard InChI is InChI=1S/C16H23N5O2/c1-11(2)15(16-20-19-13-5-3-4-7-21(13)16)18-14(22)9-12-10-23-8-6-17-12/h3-5,7,11-12,15,17H,6,8-10H2,1-2H3,(H,18,22). The highest BCUT2D eigenvalue weighted by molar-refractivity contribution is 5.77. The first-order chi connectivity index (χ1) is 11.1. The highest BCUT2D eigenvalue weighted by Crippen LogP contribution is 2.21. The van der Waals surface area contributed by atoms with E-state index < -0.39 is 0 Å². The minimum Gasteiger partial charge on any atom is -0.378 e. The molecule has 0 aromatic carbocycles. The van der Waals surface area contributed by atoms with Gasteiger partial charge in [-0.15, -0.1) is 10.2 Å². The fraction of sp³-hybridized carbons (Fsp3) is 0.562. The quantitative estimate of drug-likeness (QED) is 0.857. The molecule has 0 spiro atoms. The van der Waals surface area contributed by atoms with Crippen LogP contribution in [0.3, 0.4) is 0 Å². The summed E-state index contributed by atoms with van der Waals surface area (Å²) in [6.07, 6.45) is 2.32. The van der Waals surface area contributed by atoms with E-state index >= 15 is 0 Å². The maximum Gasteiger partial charge on any atom is 0.222 e. The second-order valence-electron chi connectivity index (χ2n) is 6.21. The molecule has 7 nitrogen and oxygen atoms in total. The van der Waals surface area contributed by atoms with Gasteiger partial charge in [-0.3, -0.25) is 9.20 Å². The van der Waals surface area contributed by atoms with Crippen LogP contribution >= 0.6 is 0 Å². The van der Waals surface area contributed by atoms with Crippen LogP contribution in [0.2, 0.25) is 0 Å². The number of morpholine rings is 1. The number of rotatable bonds is 5. The van der Waals surface area contributed by atoms with E-state index in [1.807, 2.05) is 28.8 Å². The molecule has 3 rings (SSSR count). The van der Waals surface area contributed by atoms with E-state index in [0.717, 1.165) is 18.0 Å². The second-order valence-corrected chi connectivity index (χ2v) is 6.21. The van der Waals surface area contributed by atoms with E-state index in [1.54, 1.807) is 0 Å². The summed E-state index contributed by atoms with van der Waals surface area (Å²) in [5.74, 6) is 0.971. The van der Waals surface area contributed by atoms with Gasteiger partial charge < -0.3 is 15.4 Å². The van der Waals surface area contributed by atoms with Crippen molar-refractivity contribution in [3.63, 3.8) is 0 Å². The topological polar surface area (TPSA) is 80.5 Å². The van der Waals surface area contributed by atoms with E-state index in [-0.39, 0.29) is 23.9 Å². The van der Waals surface area contributed by atoms with Crippen LogP contribution in [0.5, 0.6) is 0 Å². The molecule has 0 aliphatic carbocycles. The first-order valence-corrected chi connectivity index (χ1v) is 8.05. The highest BCUT2D eigenvalue weighted by atomic mass is 16.5. The van der Waals surface area contributed by atoms with Gasteiger partial charge >= 0.3 is 0 Å². The van der Waals surface area contributed by atoms with Gasteiger partial charge in [-0.25, -0.2) is 0 Å². The molecule has 124 valence electrons. The third-order valence-corrected chi connectivity index (χ3v) is 4.03. The Kier molecular flexibility index (Phi) is 4.88. The molecule has 7 heteroatoms. The zero-order valence-corrected chi connectivity index (χ0v) is 13.5. The molecular weight excluding hydrogens is 294 g/mol. The fourth-order valence-corrected chi connectivity index (χ4v) is 2.81. The normalized spacial score (nSPS) is 19.9. The molecule has 0 saturated carbocycles. The molecule has 23 heavy (non-hydrogen) atoms. The van der Waals surface area contributed by atoms with Crippen molar-refractivity contribution in [3.05, 3.63) is 30.2 Å². The first kappa shape index (κ1) is 15.9. The minimum absolute atomic E-state index is 0.000573. The molecule has 2 aromatic rings. The summed E-state index contributed by atoms with van der Waals surface area (Å²) in [6, 6.07) is 5.66. The number of nitrogens with zero attached hydrogens (tertiary/aromatic N) is 3. The number of amides is 1. The predicted molar refractivity (Wildman–Crippen MR) is 85.9 cm³/mol. The largest absolute Gasteiger partial charge is 0.378 e. The molecule has 2 unspecified atom stereocenters. The maximum absolute atomic E-state index is 12.4. The van der Waals surface area contributed by atoms with Crippen molar-refractivity contribution in [1.82, 2.24) is 25.2 Å². The van der Waals surface area contributed by atoms with Crippen LogP contribution in [-0.4, -0.2) is 46.3 Å². The monoisotopic (exact) mass is 317 g/mol. The molecule has 0 bridgehead atoms. The average molecular weight is 317 g/mol. The van der Waals surface area contributed by atoms with Crippen LogP contribution in [0.4, 0.5) is 0 Å². The number of carbonyl (C=O) groups excluding carboxylic acids is 1. The van der Waals surface area contributed by atoms with Crippen molar-refractivity contribution < 1.29 is 9.53 Å². The van der Waals surface area contributed by atoms with Gasteiger partial charge in [-0.2, -0.15) is 0 Å². The Hall–Kier alpha value is -1.99. The molecule has 2 aromatic heterocycles. The van der Waals surface area contributed by atoms with Crippen molar-refractivity contribution >= 4 is 11.6 Å². The van der Waals surface area contributed by atoms with Crippen LogP contribution in [0.1, 0.15) is 32.1 Å². The number of ether oxygens (including phenoxy) is 1. The van der Waals surface area contributed by atoms with Gasteiger partial charge in [-0.1, -0.05) is 19.9 Å². The van der Waals surface area contributed by atoms with E-state index in [4.69, 9.17) is 4.74 Å².